The highest BCUT2D eigenvalue weighted by Crippen LogP contribution is 2.53. The summed E-state index contributed by atoms with van der Waals surface area (Å²) < 4.78 is 0. The number of hydrogen-bond acceptors (Lipinski definition) is 5. The van der Waals surface area contributed by atoms with Gasteiger partial charge in [0, 0.05) is 17.7 Å². The van der Waals surface area contributed by atoms with Gasteiger partial charge in [-0.1, -0.05) is 23.8 Å². The molecule has 2 aliphatic carbocycles. The van der Waals surface area contributed by atoms with Gasteiger partial charge >= 0.3 is 0 Å². The molecule has 1 heterocycles. The third-order valence-corrected chi connectivity index (χ3v) is 6.60. The van der Waals surface area contributed by atoms with E-state index in [-0.39, 0.29) is 57.4 Å². The number of hydrogen-bond donors (Lipinski definition) is 1. The molecule has 2 bridgehead atoms. The average Bonchev–Trinajstić information content (AvgIpc) is 3.43. The Morgan fingerprint density at radius 3 is 2.23 bits per heavy atom. The normalized spacial score (nSPS) is 25.8. The third-order valence-electron chi connectivity index (χ3n) is 6.27. The van der Waals surface area contributed by atoms with Crippen LogP contribution in [-0.4, -0.2) is 22.6 Å². The summed E-state index contributed by atoms with van der Waals surface area (Å²) in [6.45, 7) is 0. The third kappa shape index (κ3) is 3.02. The Labute approximate surface area is 181 Å². The van der Waals surface area contributed by atoms with E-state index in [4.69, 9.17) is 11.6 Å². The van der Waals surface area contributed by atoms with E-state index in [1.54, 1.807) is 12.1 Å². The van der Waals surface area contributed by atoms with Crippen LogP contribution in [0.4, 0.5) is 17.1 Å². The van der Waals surface area contributed by atoms with Gasteiger partial charge in [-0.05, 0) is 48.6 Å². The summed E-state index contributed by atoms with van der Waals surface area (Å²) in [7, 11) is 0. The second-order valence-corrected chi connectivity index (χ2v) is 8.34. The van der Waals surface area contributed by atoms with Crippen LogP contribution < -0.4 is 10.2 Å². The molecule has 156 valence electrons. The first-order valence-corrected chi connectivity index (χ1v) is 10.1. The topological polar surface area (TPSA) is 110 Å². The minimum Gasteiger partial charge on any atom is -0.320 e. The zero-order valence-corrected chi connectivity index (χ0v) is 16.8. The van der Waals surface area contributed by atoms with Gasteiger partial charge in [-0.2, -0.15) is 0 Å². The van der Waals surface area contributed by atoms with Crippen LogP contribution in [0.15, 0.2) is 54.6 Å². The highest BCUT2D eigenvalue weighted by Gasteiger charge is 2.59. The second kappa shape index (κ2) is 7.02. The highest BCUT2D eigenvalue weighted by atomic mass is 35.5. The first kappa shape index (κ1) is 19.4. The number of benzene rings is 2. The molecular formula is C22H16ClN3O5. The van der Waals surface area contributed by atoms with Crippen molar-refractivity contribution in [3.05, 3.63) is 75.3 Å². The number of carbonyl (C=O) groups is 3. The molecule has 8 nitrogen and oxygen atoms in total. The van der Waals surface area contributed by atoms with Crippen molar-refractivity contribution >= 4 is 46.4 Å². The lowest BCUT2D eigenvalue weighted by atomic mass is 9.85. The van der Waals surface area contributed by atoms with Gasteiger partial charge in [0.05, 0.1) is 33.2 Å². The van der Waals surface area contributed by atoms with Gasteiger partial charge < -0.3 is 5.32 Å². The number of carbonyl (C=O) groups excluding carboxylic acids is 3. The fraction of sp³-hybridized carbons (Fsp3) is 0.227. The number of fused-ring (bicyclic) bond motifs is 5. The van der Waals surface area contributed by atoms with Crippen molar-refractivity contribution in [1.82, 2.24) is 0 Å². The lowest BCUT2D eigenvalue weighted by Gasteiger charge is -2.17. The Kier molecular flexibility index (Phi) is 4.40. The maximum Gasteiger partial charge on any atom is 0.271 e. The number of allylic oxidation sites excluding steroid dienone is 2. The Hall–Kier alpha value is -3.52. The molecule has 2 fully saturated rings. The lowest BCUT2D eigenvalue weighted by molar-refractivity contribution is -0.384. The monoisotopic (exact) mass is 437 g/mol. The second-order valence-electron chi connectivity index (χ2n) is 7.93. The number of anilines is 2. The molecule has 3 aliphatic rings. The summed E-state index contributed by atoms with van der Waals surface area (Å²) >= 11 is 6.03. The van der Waals surface area contributed by atoms with Crippen molar-refractivity contribution in [3.8, 4) is 0 Å². The minimum absolute atomic E-state index is 0.116. The predicted molar refractivity (Wildman–Crippen MR) is 113 cm³/mol. The number of nitrogens with one attached hydrogen (secondary N) is 1. The van der Waals surface area contributed by atoms with Crippen molar-refractivity contribution < 1.29 is 19.3 Å². The molecule has 1 saturated heterocycles. The molecule has 3 amide bonds. The number of nitro groups is 1. The smallest absolute Gasteiger partial charge is 0.271 e. The maximum atomic E-state index is 12.9. The average molecular weight is 438 g/mol. The Bertz CT molecular complexity index is 1150. The summed E-state index contributed by atoms with van der Waals surface area (Å²) in [5.74, 6) is -1.22. The SMILES string of the molecule is O=C(Nc1cc([N+](=O)[O-])ccc1Cl)c1ccc(N2C(=O)C3C4C=CC(C4)C3C2=O)cc1. The van der Waals surface area contributed by atoms with E-state index in [2.05, 4.69) is 5.32 Å². The Morgan fingerprint density at radius 2 is 1.65 bits per heavy atom. The molecule has 4 atom stereocenters. The number of non-ortho nitro benzene ring substituents is 1. The number of amides is 3. The first-order valence-electron chi connectivity index (χ1n) is 9.76. The van der Waals surface area contributed by atoms with E-state index in [1.165, 1.54) is 35.2 Å². The van der Waals surface area contributed by atoms with Crippen LogP contribution >= 0.6 is 11.6 Å². The summed E-state index contributed by atoms with van der Waals surface area (Å²) in [6, 6.07) is 9.86. The van der Waals surface area contributed by atoms with E-state index in [1.807, 2.05) is 12.2 Å². The molecule has 9 heteroatoms. The zero-order chi connectivity index (χ0) is 21.9. The van der Waals surface area contributed by atoms with Gasteiger partial charge in [0.15, 0.2) is 0 Å². The van der Waals surface area contributed by atoms with Crippen LogP contribution in [0.3, 0.4) is 0 Å². The zero-order valence-electron chi connectivity index (χ0n) is 16.0. The molecule has 2 aromatic rings. The predicted octanol–water partition coefficient (Wildman–Crippen LogP) is 3.81. The molecule has 0 spiro atoms. The highest BCUT2D eigenvalue weighted by molar-refractivity contribution is 6.34. The van der Waals surface area contributed by atoms with E-state index >= 15 is 0 Å². The number of nitrogens with zero attached hydrogens (tertiary/aromatic N) is 2. The lowest BCUT2D eigenvalue weighted by Crippen LogP contribution is -2.32. The standard InChI is InChI=1S/C22H16ClN3O5/c23-16-8-7-15(26(30)31)10-17(16)24-20(27)11-3-5-14(6-4-11)25-21(28)18-12-1-2-13(9-12)19(18)22(25)29/h1-8,10,12-13,18-19H,9H2,(H,24,27). The fourth-order valence-electron chi connectivity index (χ4n) is 4.84. The summed E-state index contributed by atoms with van der Waals surface area (Å²) in [4.78, 5) is 49.9. The first-order chi connectivity index (χ1) is 14.8. The molecule has 0 radical (unpaired) electrons. The van der Waals surface area contributed by atoms with E-state index in [0.29, 0.717) is 5.69 Å². The molecule has 1 aliphatic heterocycles. The molecule has 0 aromatic heterocycles. The molecule has 1 saturated carbocycles. The van der Waals surface area contributed by atoms with Crippen molar-refractivity contribution in [3.63, 3.8) is 0 Å². The molecule has 31 heavy (non-hydrogen) atoms. The van der Waals surface area contributed by atoms with Gasteiger partial charge in [0.1, 0.15) is 0 Å². The van der Waals surface area contributed by atoms with Crippen LogP contribution in [0.1, 0.15) is 16.8 Å². The van der Waals surface area contributed by atoms with Crippen LogP contribution in [-0.2, 0) is 9.59 Å². The van der Waals surface area contributed by atoms with Gasteiger partial charge in [-0.15, -0.1) is 0 Å². The van der Waals surface area contributed by atoms with Crippen molar-refractivity contribution in [2.24, 2.45) is 23.7 Å². The van der Waals surface area contributed by atoms with Crippen molar-refractivity contribution in [2.45, 2.75) is 6.42 Å². The van der Waals surface area contributed by atoms with Crippen LogP contribution in [0.25, 0.3) is 0 Å². The summed E-state index contributed by atoms with van der Waals surface area (Å²) in [5, 5.41) is 13.7. The quantitative estimate of drug-likeness (QED) is 0.338. The largest absolute Gasteiger partial charge is 0.320 e. The number of rotatable bonds is 4. The molecule has 5 rings (SSSR count). The van der Waals surface area contributed by atoms with Crippen molar-refractivity contribution in [1.29, 1.82) is 0 Å². The van der Waals surface area contributed by atoms with Crippen LogP contribution in [0.2, 0.25) is 5.02 Å². The van der Waals surface area contributed by atoms with E-state index < -0.39 is 10.8 Å². The molecular weight excluding hydrogens is 422 g/mol. The van der Waals surface area contributed by atoms with Gasteiger partial charge in [0.25, 0.3) is 11.6 Å². The van der Waals surface area contributed by atoms with Crippen LogP contribution in [0, 0.1) is 33.8 Å². The fourth-order valence-corrected chi connectivity index (χ4v) is 5.00. The maximum absolute atomic E-state index is 12.9. The summed E-state index contributed by atoms with van der Waals surface area (Å²) in [6.07, 6.45) is 4.93. The van der Waals surface area contributed by atoms with E-state index in [9.17, 15) is 24.5 Å². The van der Waals surface area contributed by atoms with Gasteiger partial charge in [0.2, 0.25) is 11.8 Å². The number of imide groups is 1. The molecule has 1 N–H and O–H groups in total. The van der Waals surface area contributed by atoms with Crippen LogP contribution in [0.5, 0.6) is 0 Å². The van der Waals surface area contributed by atoms with Gasteiger partial charge in [-0.3, -0.25) is 29.4 Å². The number of halogens is 1. The Morgan fingerprint density at radius 1 is 1.03 bits per heavy atom. The van der Waals surface area contributed by atoms with Crippen molar-refractivity contribution in [2.75, 3.05) is 10.2 Å². The Balaban J connectivity index is 1.35. The van der Waals surface area contributed by atoms with Gasteiger partial charge in [-0.25, -0.2) is 0 Å². The van der Waals surface area contributed by atoms with E-state index in [0.717, 1.165) is 6.42 Å². The minimum atomic E-state index is -0.581. The molecule has 2 aromatic carbocycles. The number of nitro benzene ring substituents is 1. The summed E-state index contributed by atoms with van der Waals surface area (Å²) in [5.41, 5.74) is 0.599. The molecule has 4 unspecified atom stereocenters.